The number of halogens is 1. The molecule has 0 spiro atoms. The lowest BCUT2D eigenvalue weighted by molar-refractivity contribution is -0.143. The Morgan fingerprint density at radius 3 is 2.82 bits per heavy atom. The molecule has 7 nitrogen and oxygen atoms in total. The van der Waals surface area contributed by atoms with Gasteiger partial charge in [-0.15, -0.1) is 0 Å². The average molecular weight is 386 g/mol. The van der Waals surface area contributed by atoms with Crippen LogP contribution < -0.4 is 15.4 Å². The summed E-state index contributed by atoms with van der Waals surface area (Å²) in [5.74, 6) is -0.305. The summed E-state index contributed by atoms with van der Waals surface area (Å²) in [5.41, 5.74) is 6.86. The Morgan fingerprint density at radius 2 is 2.14 bits per heavy atom. The molecule has 0 atom stereocenters. The fourth-order valence-electron chi connectivity index (χ4n) is 2.91. The SMILES string of the molecule is Cc1ccc(OCC2CN(c3cccc(COC(=O)CC(=N)N)c3F)C2)cn1. The molecule has 0 unspecified atom stereocenters. The third kappa shape index (κ3) is 4.97. The lowest BCUT2D eigenvalue weighted by Gasteiger charge is -2.41. The summed E-state index contributed by atoms with van der Waals surface area (Å²) in [6.07, 6.45) is 1.40. The van der Waals surface area contributed by atoms with Gasteiger partial charge in [-0.1, -0.05) is 12.1 Å². The van der Waals surface area contributed by atoms with Gasteiger partial charge in [-0.25, -0.2) is 4.39 Å². The van der Waals surface area contributed by atoms with Gasteiger partial charge in [-0.3, -0.25) is 15.2 Å². The van der Waals surface area contributed by atoms with Crippen LogP contribution in [0.3, 0.4) is 0 Å². The third-order valence-corrected chi connectivity index (χ3v) is 4.45. The van der Waals surface area contributed by atoms with E-state index in [1.807, 2.05) is 24.0 Å². The molecule has 0 aliphatic carbocycles. The van der Waals surface area contributed by atoms with Crippen LogP contribution in [-0.4, -0.2) is 36.5 Å². The average Bonchev–Trinajstić information content (AvgIpc) is 2.61. The first-order valence-corrected chi connectivity index (χ1v) is 8.98. The van der Waals surface area contributed by atoms with Gasteiger partial charge in [-0.05, 0) is 25.1 Å². The first-order chi connectivity index (χ1) is 13.4. The van der Waals surface area contributed by atoms with Crippen LogP contribution in [0.2, 0.25) is 0 Å². The normalized spacial score (nSPS) is 13.7. The molecule has 28 heavy (non-hydrogen) atoms. The van der Waals surface area contributed by atoms with Crippen molar-refractivity contribution in [1.82, 2.24) is 4.98 Å². The smallest absolute Gasteiger partial charge is 0.313 e. The van der Waals surface area contributed by atoms with Crippen molar-refractivity contribution in [3.05, 3.63) is 53.6 Å². The van der Waals surface area contributed by atoms with E-state index in [0.717, 1.165) is 11.4 Å². The quantitative estimate of drug-likeness (QED) is 0.410. The molecule has 1 aromatic carbocycles. The molecule has 1 saturated heterocycles. The second-order valence-electron chi connectivity index (χ2n) is 6.83. The number of amidine groups is 1. The number of hydrogen-bond acceptors (Lipinski definition) is 6. The molecule has 3 N–H and O–H groups in total. The zero-order chi connectivity index (χ0) is 20.1. The van der Waals surface area contributed by atoms with Crippen molar-refractivity contribution in [2.24, 2.45) is 11.7 Å². The number of carbonyl (C=O) groups is 1. The van der Waals surface area contributed by atoms with Crippen molar-refractivity contribution < 1.29 is 18.7 Å². The zero-order valence-corrected chi connectivity index (χ0v) is 15.7. The number of carbonyl (C=O) groups excluding carboxylic acids is 1. The minimum atomic E-state index is -0.649. The number of benzene rings is 1. The number of nitrogens with zero attached hydrogens (tertiary/aromatic N) is 2. The molecule has 8 heteroatoms. The molecule has 0 radical (unpaired) electrons. The van der Waals surface area contributed by atoms with Crippen molar-refractivity contribution in [2.75, 3.05) is 24.6 Å². The Hall–Kier alpha value is -3.16. The summed E-state index contributed by atoms with van der Waals surface area (Å²) >= 11 is 0. The molecule has 148 valence electrons. The van der Waals surface area contributed by atoms with Crippen LogP contribution in [0, 0.1) is 24.1 Å². The molecule has 0 saturated carbocycles. The van der Waals surface area contributed by atoms with E-state index in [0.29, 0.717) is 36.9 Å². The van der Waals surface area contributed by atoms with Gasteiger partial charge in [0, 0.05) is 30.3 Å². The number of anilines is 1. The number of aryl methyl sites for hydroxylation is 1. The van der Waals surface area contributed by atoms with E-state index in [2.05, 4.69) is 4.98 Å². The van der Waals surface area contributed by atoms with Crippen LogP contribution in [0.1, 0.15) is 17.7 Å². The van der Waals surface area contributed by atoms with Crippen LogP contribution in [0.15, 0.2) is 36.5 Å². The zero-order valence-electron chi connectivity index (χ0n) is 15.7. The molecule has 1 aliphatic rings. The maximum atomic E-state index is 14.7. The third-order valence-electron chi connectivity index (χ3n) is 4.45. The molecular formula is C20H23FN4O3. The topological polar surface area (TPSA) is 102 Å². The molecule has 2 heterocycles. The minimum Gasteiger partial charge on any atom is -0.492 e. The van der Waals surface area contributed by atoms with E-state index < -0.39 is 11.8 Å². The first-order valence-electron chi connectivity index (χ1n) is 8.98. The summed E-state index contributed by atoms with van der Waals surface area (Å²) in [5, 5.41) is 7.07. The molecule has 1 aliphatic heterocycles. The van der Waals surface area contributed by atoms with Crippen LogP contribution >= 0.6 is 0 Å². The molecule has 1 aromatic heterocycles. The molecule has 0 bridgehead atoms. The highest BCUT2D eigenvalue weighted by atomic mass is 19.1. The van der Waals surface area contributed by atoms with Gasteiger partial charge in [0.15, 0.2) is 5.82 Å². The number of aromatic nitrogens is 1. The van der Waals surface area contributed by atoms with E-state index in [9.17, 15) is 9.18 Å². The summed E-state index contributed by atoms with van der Waals surface area (Å²) in [6.45, 7) is 3.64. The Bertz CT molecular complexity index is 851. The van der Waals surface area contributed by atoms with Gasteiger partial charge in [-0.2, -0.15) is 0 Å². The van der Waals surface area contributed by atoms with E-state index in [1.54, 1.807) is 24.4 Å². The number of pyridine rings is 1. The second kappa shape index (κ2) is 8.69. The fourth-order valence-corrected chi connectivity index (χ4v) is 2.91. The highest BCUT2D eigenvalue weighted by molar-refractivity contribution is 5.94. The van der Waals surface area contributed by atoms with Crippen LogP contribution in [0.4, 0.5) is 10.1 Å². The number of nitrogens with two attached hydrogens (primary N) is 1. The predicted molar refractivity (Wildman–Crippen MR) is 103 cm³/mol. The van der Waals surface area contributed by atoms with Crippen molar-refractivity contribution in [3.63, 3.8) is 0 Å². The second-order valence-corrected chi connectivity index (χ2v) is 6.83. The van der Waals surface area contributed by atoms with Crippen LogP contribution in [0.5, 0.6) is 5.75 Å². The van der Waals surface area contributed by atoms with Gasteiger partial charge in [0.1, 0.15) is 24.6 Å². The number of rotatable bonds is 8. The fraction of sp³-hybridized carbons (Fsp3) is 0.350. The van der Waals surface area contributed by atoms with E-state index in [1.165, 1.54) is 0 Å². The van der Waals surface area contributed by atoms with Gasteiger partial charge in [0.25, 0.3) is 0 Å². The number of esters is 1. The van der Waals surface area contributed by atoms with Gasteiger partial charge >= 0.3 is 5.97 Å². The van der Waals surface area contributed by atoms with Gasteiger partial charge in [0.2, 0.25) is 0 Å². The van der Waals surface area contributed by atoms with Gasteiger partial charge in [0.05, 0.1) is 18.5 Å². The summed E-state index contributed by atoms with van der Waals surface area (Å²) < 4.78 is 25.4. The van der Waals surface area contributed by atoms with Crippen molar-refractivity contribution in [3.8, 4) is 5.75 Å². The largest absolute Gasteiger partial charge is 0.492 e. The van der Waals surface area contributed by atoms with Crippen LogP contribution in [0.25, 0.3) is 0 Å². The lowest BCUT2D eigenvalue weighted by Crippen LogP contribution is -2.49. The molecule has 2 aromatic rings. The molecule has 0 amide bonds. The van der Waals surface area contributed by atoms with Gasteiger partial charge < -0.3 is 20.1 Å². The van der Waals surface area contributed by atoms with Crippen molar-refractivity contribution in [2.45, 2.75) is 20.0 Å². The Kier molecular flexibility index (Phi) is 6.08. The van der Waals surface area contributed by atoms with Crippen molar-refractivity contribution in [1.29, 1.82) is 5.41 Å². The molecule has 1 fully saturated rings. The maximum absolute atomic E-state index is 14.7. The standard InChI is InChI=1S/C20H23FN4O3/c1-13-5-6-16(8-24-13)27-11-14-9-25(10-14)17-4-2-3-15(20(17)21)12-28-19(26)7-18(22)23/h2-6,8,14H,7,9-12H2,1H3,(H3,22,23). The molecule has 3 rings (SSSR count). The minimum absolute atomic E-state index is 0.188. The van der Waals surface area contributed by atoms with E-state index >= 15 is 0 Å². The predicted octanol–water partition coefficient (Wildman–Crippen LogP) is 2.41. The highest BCUT2D eigenvalue weighted by Crippen LogP contribution is 2.29. The molecular weight excluding hydrogens is 363 g/mol. The monoisotopic (exact) mass is 386 g/mol. The maximum Gasteiger partial charge on any atom is 0.313 e. The summed E-state index contributed by atoms with van der Waals surface area (Å²) in [7, 11) is 0. The number of ether oxygens (including phenoxy) is 2. The summed E-state index contributed by atoms with van der Waals surface area (Å²) in [6, 6.07) is 8.79. The summed E-state index contributed by atoms with van der Waals surface area (Å²) in [4.78, 5) is 17.6. The van der Waals surface area contributed by atoms with Crippen molar-refractivity contribution >= 4 is 17.5 Å². The van der Waals surface area contributed by atoms with E-state index in [4.69, 9.17) is 20.6 Å². The Balaban J connectivity index is 1.50. The number of hydrogen-bond donors (Lipinski definition) is 2. The first kappa shape index (κ1) is 19.6. The number of nitrogens with one attached hydrogen (secondary N) is 1. The van der Waals surface area contributed by atoms with E-state index in [-0.39, 0.29) is 18.9 Å². The lowest BCUT2D eigenvalue weighted by atomic mass is 9.99. The van der Waals surface area contributed by atoms with Crippen LogP contribution in [-0.2, 0) is 16.1 Å². The Morgan fingerprint density at radius 1 is 1.36 bits per heavy atom. The Labute approximate surface area is 162 Å². The highest BCUT2D eigenvalue weighted by Gasteiger charge is 2.30.